The molecule has 7 nitrogen and oxygen atoms in total. The molecule has 0 fully saturated rings. The predicted octanol–water partition coefficient (Wildman–Crippen LogP) is 2.46. The average molecular weight is 298 g/mol. The van der Waals surface area contributed by atoms with Crippen LogP contribution in [0.4, 0.5) is 11.4 Å². The summed E-state index contributed by atoms with van der Waals surface area (Å²) in [6, 6.07) is 4.97. The quantitative estimate of drug-likeness (QED) is 0.384. The highest BCUT2D eigenvalue weighted by molar-refractivity contribution is 5.68. The van der Waals surface area contributed by atoms with E-state index < -0.39 is 4.92 Å². The van der Waals surface area contributed by atoms with Crippen LogP contribution in [-0.4, -0.2) is 45.0 Å². The van der Waals surface area contributed by atoms with E-state index in [1.807, 2.05) is 6.92 Å². The van der Waals surface area contributed by atoms with Crippen LogP contribution >= 0.6 is 0 Å². The Balaban J connectivity index is 2.50. The summed E-state index contributed by atoms with van der Waals surface area (Å²) in [5.74, 6) is 0.249. The Hall–Kier alpha value is -1.86. The molecule has 118 valence electrons. The summed E-state index contributed by atoms with van der Waals surface area (Å²) in [5, 5.41) is 14.1. The summed E-state index contributed by atoms with van der Waals surface area (Å²) in [4.78, 5) is 10.7. The zero-order valence-corrected chi connectivity index (χ0v) is 12.5. The number of methoxy groups -OCH3 is 1. The normalized spacial score (nSPS) is 10.4. The molecular formula is C14H22N2O5. The van der Waals surface area contributed by atoms with Crippen LogP contribution in [0.5, 0.6) is 5.75 Å². The van der Waals surface area contributed by atoms with Crippen LogP contribution in [0.15, 0.2) is 18.2 Å². The lowest BCUT2D eigenvalue weighted by atomic mass is 10.2. The lowest BCUT2D eigenvalue weighted by Gasteiger charge is -2.10. The fourth-order valence-electron chi connectivity index (χ4n) is 1.78. The topological polar surface area (TPSA) is 82.9 Å². The molecule has 0 amide bonds. The van der Waals surface area contributed by atoms with E-state index in [9.17, 15) is 10.1 Å². The van der Waals surface area contributed by atoms with Crippen LogP contribution in [0.25, 0.3) is 0 Å². The molecular weight excluding hydrogens is 276 g/mol. The highest BCUT2D eigenvalue weighted by Crippen LogP contribution is 2.34. The molecule has 21 heavy (non-hydrogen) atoms. The highest BCUT2D eigenvalue weighted by atomic mass is 16.6. The van der Waals surface area contributed by atoms with Gasteiger partial charge >= 0.3 is 5.69 Å². The minimum Gasteiger partial charge on any atom is -0.484 e. The third-order valence-corrected chi connectivity index (χ3v) is 2.67. The maximum atomic E-state index is 11.2. The number of nitrogens with zero attached hydrogens (tertiary/aromatic N) is 1. The number of para-hydroxylation sites is 1. The number of nitro groups is 1. The minimum atomic E-state index is -0.438. The van der Waals surface area contributed by atoms with Crippen LogP contribution in [0.1, 0.15) is 13.3 Å². The van der Waals surface area contributed by atoms with Gasteiger partial charge in [0.1, 0.15) is 12.3 Å². The Bertz CT molecular complexity index is 439. The second-order valence-corrected chi connectivity index (χ2v) is 4.25. The van der Waals surface area contributed by atoms with Gasteiger partial charge in [0.2, 0.25) is 0 Å². The lowest BCUT2D eigenvalue weighted by Crippen LogP contribution is -2.10. The van der Waals surface area contributed by atoms with Gasteiger partial charge in [0.25, 0.3) is 0 Å². The monoisotopic (exact) mass is 298 g/mol. The average Bonchev–Trinajstić information content (AvgIpc) is 2.46. The first-order valence-electron chi connectivity index (χ1n) is 6.91. The maximum absolute atomic E-state index is 11.2. The van der Waals surface area contributed by atoms with Gasteiger partial charge in [0.05, 0.1) is 11.5 Å². The smallest absolute Gasteiger partial charge is 0.333 e. The summed E-state index contributed by atoms with van der Waals surface area (Å²) < 4.78 is 15.7. The molecule has 0 aliphatic carbocycles. The van der Waals surface area contributed by atoms with Crippen molar-refractivity contribution in [3.8, 4) is 5.75 Å². The standard InChI is InChI=1S/C14H22N2O5/c1-3-15-12-6-4-7-13(14(12)16(17)18)21-11-10-20-9-5-8-19-2/h4,6-7,15H,3,5,8-11H2,1-2H3. The van der Waals surface area contributed by atoms with Gasteiger partial charge < -0.3 is 19.5 Å². The Morgan fingerprint density at radius 1 is 1.24 bits per heavy atom. The molecule has 0 saturated heterocycles. The van der Waals surface area contributed by atoms with E-state index in [-0.39, 0.29) is 18.0 Å². The first kappa shape index (κ1) is 17.2. The number of rotatable bonds is 11. The molecule has 0 saturated carbocycles. The summed E-state index contributed by atoms with van der Waals surface area (Å²) in [6.45, 7) is 4.36. The zero-order valence-electron chi connectivity index (χ0n) is 12.5. The van der Waals surface area contributed by atoms with Gasteiger partial charge in [0, 0.05) is 26.9 Å². The zero-order chi connectivity index (χ0) is 15.5. The number of anilines is 1. The summed E-state index contributed by atoms with van der Waals surface area (Å²) in [6.07, 6.45) is 0.812. The van der Waals surface area contributed by atoms with Gasteiger partial charge in [-0.05, 0) is 25.5 Å². The summed E-state index contributed by atoms with van der Waals surface area (Å²) >= 11 is 0. The van der Waals surface area contributed by atoms with E-state index in [1.54, 1.807) is 25.3 Å². The molecule has 0 heterocycles. The highest BCUT2D eigenvalue weighted by Gasteiger charge is 2.20. The van der Waals surface area contributed by atoms with E-state index in [1.165, 1.54) is 0 Å². The van der Waals surface area contributed by atoms with Gasteiger partial charge in [-0.15, -0.1) is 0 Å². The Morgan fingerprint density at radius 3 is 2.71 bits per heavy atom. The molecule has 1 aromatic rings. The Labute approximate surface area is 124 Å². The molecule has 0 aliphatic heterocycles. The predicted molar refractivity (Wildman–Crippen MR) is 80.1 cm³/mol. The van der Waals surface area contributed by atoms with Gasteiger partial charge in [-0.25, -0.2) is 0 Å². The lowest BCUT2D eigenvalue weighted by molar-refractivity contribution is -0.385. The molecule has 1 N–H and O–H groups in total. The molecule has 1 aromatic carbocycles. The van der Waals surface area contributed by atoms with Crippen molar-refractivity contribution in [3.05, 3.63) is 28.3 Å². The van der Waals surface area contributed by atoms with E-state index in [0.717, 1.165) is 6.42 Å². The SMILES string of the molecule is CCNc1cccc(OCCOCCCOC)c1[N+](=O)[O-]. The van der Waals surface area contributed by atoms with Crippen molar-refractivity contribution in [1.29, 1.82) is 0 Å². The number of hydrogen-bond donors (Lipinski definition) is 1. The summed E-state index contributed by atoms with van der Waals surface area (Å²) in [7, 11) is 1.64. The largest absolute Gasteiger partial charge is 0.484 e. The van der Waals surface area contributed by atoms with E-state index in [0.29, 0.717) is 32.1 Å². The van der Waals surface area contributed by atoms with Crippen LogP contribution in [0, 0.1) is 10.1 Å². The fourth-order valence-corrected chi connectivity index (χ4v) is 1.78. The molecule has 0 aromatic heterocycles. The molecule has 0 unspecified atom stereocenters. The molecule has 0 spiro atoms. The number of ether oxygens (including phenoxy) is 3. The van der Waals surface area contributed by atoms with Crippen LogP contribution < -0.4 is 10.1 Å². The van der Waals surface area contributed by atoms with Gasteiger partial charge in [0.15, 0.2) is 5.75 Å². The van der Waals surface area contributed by atoms with Crippen molar-refractivity contribution in [2.75, 3.05) is 45.4 Å². The number of nitro benzene ring substituents is 1. The second-order valence-electron chi connectivity index (χ2n) is 4.25. The molecule has 0 atom stereocenters. The first-order chi connectivity index (χ1) is 10.2. The minimum absolute atomic E-state index is 0.0428. The van der Waals surface area contributed by atoms with Crippen molar-refractivity contribution < 1.29 is 19.1 Å². The third-order valence-electron chi connectivity index (χ3n) is 2.67. The maximum Gasteiger partial charge on any atom is 0.333 e. The van der Waals surface area contributed by atoms with Crippen molar-refractivity contribution in [3.63, 3.8) is 0 Å². The Kier molecular flexibility index (Phi) is 8.15. The van der Waals surface area contributed by atoms with Crippen molar-refractivity contribution in [2.24, 2.45) is 0 Å². The van der Waals surface area contributed by atoms with E-state index >= 15 is 0 Å². The van der Waals surface area contributed by atoms with Crippen molar-refractivity contribution in [1.82, 2.24) is 0 Å². The molecule has 1 rings (SSSR count). The first-order valence-corrected chi connectivity index (χ1v) is 6.91. The van der Waals surface area contributed by atoms with Crippen LogP contribution in [-0.2, 0) is 9.47 Å². The Morgan fingerprint density at radius 2 is 2.05 bits per heavy atom. The molecule has 0 aliphatic rings. The van der Waals surface area contributed by atoms with E-state index in [4.69, 9.17) is 14.2 Å². The number of benzene rings is 1. The number of nitrogens with one attached hydrogen (secondary N) is 1. The van der Waals surface area contributed by atoms with Crippen molar-refractivity contribution >= 4 is 11.4 Å². The van der Waals surface area contributed by atoms with Crippen molar-refractivity contribution in [2.45, 2.75) is 13.3 Å². The molecule has 0 bridgehead atoms. The van der Waals surface area contributed by atoms with Gasteiger partial charge in [-0.2, -0.15) is 0 Å². The van der Waals surface area contributed by atoms with Gasteiger partial charge in [-0.1, -0.05) is 6.07 Å². The van der Waals surface area contributed by atoms with Crippen LogP contribution in [0.3, 0.4) is 0 Å². The number of hydrogen-bond acceptors (Lipinski definition) is 6. The summed E-state index contributed by atoms with van der Waals surface area (Å²) in [5.41, 5.74) is 0.416. The fraction of sp³-hybridized carbons (Fsp3) is 0.571. The van der Waals surface area contributed by atoms with Gasteiger partial charge in [-0.3, -0.25) is 10.1 Å². The molecule has 0 radical (unpaired) electrons. The molecule has 7 heteroatoms. The third kappa shape index (κ3) is 5.97. The van der Waals surface area contributed by atoms with E-state index in [2.05, 4.69) is 5.32 Å². The second kappa shape index (κ2) is 9.95. The van der Waals surface area contributed by atoms with Crippen LogP contribution in [0.2, 0.25) is 0 Å².